The lowest BCUT2D eigenvalue weighted by molar-refractivity contribution is 0.0177. The highest BCUT2D eigenvalue weighted by Gasteiger charge is 2.27. The number of nitrogens with zero attached hydrogens (tertiary/aromatic N) is 6. The van der Waals surface area contributed by atoms with E-state index in [1.54, 1.807) is 17.3 Å². The van der Waals surface area contributed by atoms with E-state index < -0.39 is 17.2 Å². The van der Waals surface area contributed by atoms with Gasteiger partial charge in [0.2, 0.25) is 0 Å². The van der Waals surface area contributed by atoms with Crippen LogP contribution in [0.3, 0.4) is 0 Å². The first-order chi connectivity index (χ1) is 21.1. The summed E-state index contributed by atoms with van der Waals surface area (Å²) in [5, 5.41) is 4.56. The van der Waals surface area contributed by atoms with Crippen LogP contribution in [0.15, 0.2) is 48.9 Å². The van der Waals surface area contributed by atoms with Crippen molar-refractivity contribution in [3.05, 3.63) is 66.1 Å². The first-order valence-corrected chi connectivity index (χ1v) is 15.2. The smallest absolute Gasteiger partial charge is 0.410 e. The number of carbonyl (C=O) groups is 1. The van der Waals surface area contributed by atoms with Crippen LogP contribution in [0.1, 0.15) is 39.2 Å². The molecule has 2 aliphatic rings. The van der Waals surface area contributed by atoms with Gasteiger partial charge < -0.3 is 14.4 Å². The number of piperidine rings is 1. The fourth-order valence-corrected chi connectivity index (χ4v) is 5.78. The van der Waals surface area contributed by atoms with Gasteiger partial charge in [0.1, 0.15) is 17.2 Å². The van der Waals surface area contributed by atoms with Gasteiger partial charge in [-0.15, -0.1) is 0 Å². The monoisotopic (exact) mass is 604 g/mol. The van der Waals surface area contributed by atoms with Crippen molar-refractivity contribution in [3.8, 4) is 22.4 Å². The second kappa shape index (κ2) is 12.6. The van der Waals surface area contributed by atoms with Crippen LogP contribution in [0.2, 0.25) is 0 Å². The molecule has 2 saturated heterocycles. The average Bonchev–Trinajstić information content (AvgIpc) is 3.47. The minimum atomic E-state index is -0.578. The zero-order chi connectivity index (χ0) is 30.8. The Morgan fingerprint density at radius 2 is 1.75 bits per heavy atom. The van der Waals surface area contributed by atoms with Gasteiger partial charge in [-0.3, -0.25) is 14.6 Å². The van der Waals surface area contributed by atoms with Gasteiger partial charge in [0.15, 0.2) is 0 Å². The third-order valence-electron chi connectivity index (χ3n) is 8.15. The summed E-state index contributed by atoms with van der Waals surface area (Å²) in [5.74, 6) is -0.775. The van der Waals surface area contributed by atoms with Gasteiger partial charge in [-0.25, -0.2) is 18.6 Å². The van der Waals surface area contributed by atoms with E-state index in [9.17, 15) is 4.79 Å². The highest BCUT2D eigenvalue weighted by molar-refractivity contribution is 5.92. The number of halogens is 2. The number of benzene rings is 2. The predicted octanol–water partition coefficient (Wildman–Crippen LogP) is 5.92. The second-order valence-corrected chi connectivity index (χ2v) is 12.6. The van der Waals surface area contributed by atoms with Gasteiger partial charge in [0.25, 0.3) is 0 Å². The number of rotatable bonds is 6. The van der Waals surface area contributed by atoms with E-state index in [1.807, 2.05) is 54.7 Å². The van der Waals surface area contributed by atoms with Gasteiger partial charge in [0, 0.05) is 62.2 Å². The molecular weight excluding hydrogens is 566 g/mol. The lowest BCUT2D eigenvalue weighted by Crippen LogP contribution is -2.42. The molecule has 0 spiro atoms. The Kier molecular flexibility index (Phi) is 8.59. The number of aromatic nitrogens is 4. The standard InChI is InChI=1S/C33H38F2N6O3/c1-33(2,3)44-32(42)40-9-7-22(8-10-40)19-41-20-24(17-37-41)30-18-36-29-6-4-5-25(31(29)38-30)23-15-27(34)26(28(35)16-23)21-39-11-13-43-14-12-39/h4-6,15-18,20,22H,7-14,19,21H2,1-3H3. The normalized spacial score (nSPS) is 16.9. The highest BCUT2D eigenvalue weighted by Crippen LogP contribution is 2.31. The van der Waals surface area contributed by atoms with E-state index in [-0.39, 0.29) is 18.2 Å². The molecule has 4 aromatic rings. The molecule has 0 radical (unpaired) electrons. The molecule has 0 bridgehead atoms. The molecule has 6 rings (SSSR count). The molecular formula is C33H38F2N6O3. The maximum Gasteiger partial charge on any atom is 0.410 e. The minimum Gasteiger partial charge on any atom is -0.444 e. The maximum atomic E-state index is 15.2. The molecule has 44 heavy (non-hydrogen) atoms. The van der Waals surface area contributed by atoms with Gasteiger partial charge in [-0.2, -0.15) is 5.10 Å². The van der Waals surface area contributed by atoms with Gasteiger partial charge in [-0.1, -0.05) is 12.1 Å². The molecule has 0 N–H and O–H groups in total. The number of hydrogen-bond donors (Lipinski definition) is 0. The quantitative estimate of drug-likeness (QED) is 0.270. The molecule has 2 aliphatic heterocycles. The Balaban J connectivity index is 1.17. The topological polar surface area (TPSA) is 85.6 Å². The molecule has 2 aromatic carbocycles. The summed E-state index contributed by atoms with van der Waals surface area (Å²) in [6.45, 7) is 10.3. The Morgan fingerprint density at radius 1 is 1.02 bits per heavy atom. The van der Waals surface area contributed by atoms with Crippen LogP contribution in [-0.4, -0.2) is 80.6 Å². The Morgan fingerprint density at radius 3 is 2.45 bits per heavy atom. The molecule has 9 nitrogen and oxygen atoms in total. The predicted molar refractivity (Wildman–Crippen MR) is 163 cm³/mol. The van der Waals surface area contributed by atoms with Crippen molar-refractivity contribution in [1.29, 1.82) is 0 Å². The number of para-hydroxylation sites is 1. The number of likely N-dealkylation sites (tertiary alicyclic amines) is 1. The zero-order valence-electron chi connectivity index (χ0n) is 25.4. The zero-order valence-corrected chi connectivity index (χ0v) is 25.4. The molecule has 11 heteroatoms. The summed E-state index contributed by atoms with van der Waals surface area (Å²) in [7, 11) is 0. The number of fused-ring (bicyclic) bond motifs is 1. The van der Waals surface area contributed by atoms with E-state index >= 15 is 8.78 Å². The summed E-state index contributed by atoms with van der Waals surface area (Å²) in [5.41, 5.74) is 3.20. The molecule has 1 amide bonds. The minimum absolute atomic E-state index is 0.0607. The molecule has 0 unspecified atom stereocenters. The number of amides is 1. The largest absolute Gasteiger partial charge is 0.444 e. The van der Waals surface area contributed by atoms with Crippen molar-refractivity contribution in [3.63, 3.8) is 0 Å². The summed E-state index contributed by atoms with van der Waals surface area (Å²) in [4.78, 5) is 25.6. The third-order valence-corrected chi connectivity index (χ3v) is 8.15. The molecule has 4 heterocycles. The van der Waals surface area contributed by atoms with E-state index in [0.29, 0.717) is 73.2 Å². The average molecular weight is 605 g/mol. The fourth-order valence-electron chi connectivity index (χ4n) is 5.78. The van der Waals surface area contributed by atoms with Crippen molar-refractivity contribution in [2.75, 3.05) is 39.4 Å². The molecule has 0 aliphatic carbocycles. The van der Waals surface area contributed by atoms with Crippen LogP contribution >= 0.6 is 0 Å². The van der Waals surface area contributed by atoms with Crippen molar-refractivity contribution < 1.29 is 23.0 Å². The van der Waals surface area contributed by atoms with E-state index in [2.05, 4.69) is 10.1 Å². The van der Waals surface area contributed by atoms with Crippen LogP contribution < -0.4 is 0 Å². The van der Waals surface area contributed by atoms with Crippen LogP contribution in [0.5, 0.6) is 0 Å². The van der Waals surface area contributed by atoms with Crippen molar-refractivity contribution in [2.24, 2.45) is 5.92 Å². The highest BCUT2D eigenvalue weighted by atomic mass is 19.1. The van der Waals surface area contributed by atoms with Gasteiger partial charge >= 0.3 is 6.09 Å². The summed E-state index contributed by atoms with van der Waals surface area (Å²) in [6, 6.07) is 8.23. The fraction of sp³-hybridized carbons (Fsp3) is 0.455. The van der Waals surface area contributed by atoms with E-state index in [1.165, 1.54) is 12.1 Å². The molecule has 0 atom stereocenters. The molecule has 0 saturated carbocycles. The van der Waals surface area contributed by atoms with E-state index in [0.717, 1.165) is 24.9 Å². The van der Waals surface area contributed by atoms with Gasteiger partial charge in [-0.05, 0) is 63.3 Å². The maximum absolute atomic E-state index is 15.2. The second-order valence-electron chi connectivity index (χ2n) is 12.6. The first kappa shape index (κ1) is 30.1. The van der Waals surface area contributed by atoms with Crippen LogP contribution in [0.25, 0.3) is 33.4 Å². The molecule has 2 fully saturated rings. The Bertz CT molecular complexity index is 1620. The summed E-state index contributed by atoms with van der Waals surface area (Å²) >= 11 is 0. The SMILES string of the molecule is CC(C)(C)OC(=O)N1CCC(Cn2cc(-c3cnc4cccc(-c5cc(F)c(CN6CCOCC6)c(F)c5)c4n3)cn2)CC1. The van der Waals surface area contributed by atoms with Crippen LogP contribution in [0, 0.1) is 17.6 Å². The van der Waals surface area contributed by atoms with Crippen LogP contribution in [0.4, 0.5) is 13.6 Å². The van der Waals surface area contributed by atoms with Gasteiger partial charge in [0.05, 0.1) is 42.3 Å². The van der Waals surface area contributed by atoms with E-state index in [4.69, 9.17) is 14.5 Å². The lowest BCUT2D eigenvalue weighted by Gasteiger charge is -2.33. The number of ether oxygens (including phenoxy) is 2. The van der Waals surface area contributed by atoms with Crippen molar-refractivity contribution in [1.82, 2.24) is 29.5 Å². The van der Waals surface area contributed by atoms with Crippen LogP contribution in [-0.2, 0) is 22.6 Å². The Labute approximate surface area is 255 Å². The lowest BCUT2D eigenvalue weighted by atomic mass is 9.97. The number of hydrogen-bond acceptors (Lipinski definition) is 7. The summed E-state index contributed by atoms with van der Waals surface area (Å²) < 4.78 is 43.3. The van der Waals surface area contributed by atoms with Crippen molar-refractivity contribution >= 4 is 17.1 Å². The molecule has 2 aromatic heterocycles. The number of morpholine rings is 1. The summed E-state index contributed by atoms with van der Waals surface area (Å²) in [6.07, 6.45) is 6.87. The first-order valence-electron chi connectivity index (χ1n) is 15.2. The third kappa shape index (κ3) is 6.89. The van der Waals surface area contributed by atoms with Crippen molar-refractivity contribution in [2.45, 2.75) is 52.3 Å². The number of carbonyl (C=O) groups excluding carboxylic acids is 1. The Hall–Kier alpha value is -3.96. The molecule has 232 valence electrons.